The fourth-order valence-electron chi connectivity index (χ4n) is 6.11. The Bertz CT molecular complexity index is 589. The van der Waals surface area contributed by atoms with Gasteiger partial charge in [-0.3, -0.25) is 9.80 Å². The average Bonchev–Trinajstić information content (AvgIpc) is 3.29. The van der Waals surface area contributed by atoms with Crippen LogP contribution in [0.4, 0.5) is 0 Å². The first-order valence-electron chi connectivity index (χ1n) is 9.33. The fourth-order valence-corrected chi connectivity index (χ4v) is 6.22. The average molecular weight is 332 g/mol. The summed E-state index contributed by atoms with van der Waals surface area (Å²) >= 11 is 5.96. The van der Waals surface area contributed by atoms with Crippen molar-refractivity contribution in [3.8, 4) is 0 Å². The van der Waals surface area contributed by atoms with Crippen LogP contribution >= 0.6 is 11.6 Å². The quantitative estimate of drug-likeness (QED) is 0.783. The van der Waals surface area contributed by atoms with Gasteiger partial charge >= 0.3 is 0 Å². The molecule has 4 aliphatic heterocycles. The summed E-state index contributed by atoms with van der Waals surface area (Å²) in [5.41, 5.74) is 1.39. The van der Waals surface area contributed by atoms with E-state index in [0.29, 0.717) is 11.1 Å². The molecule has 4 fully saturated rings. The highest BCUT2D eigenvalue weighted by atomic mass is 35.5. The third-order valence-corrected chi connectivity index (χ3v) is 7.40. The number of hydrogen-bond donors (Lipinski definition) is 0. The van der Waals surface area contributed by atoms with Gasteiger partial charge in [0.1, 0.15) is 5.15 Å². The van der Waals surface area contributed by atoms with Gasteiger partial charge in [0, 0.05) is 36.3 Å². The monoisotopic (exact) mass is 331 g/mol. The summed E-state index contributed by atoms with van der Waals surface area (Å²) in [7, 11) is 0. The van der Waals surface area contributed by atoms with Crippen LogP contribution < -0.4 is 0 Å². The van der Waals surface area contributed by atoms with Crippen LogP contribution in [-0.4, -0.2) is 45.6 Å². The Morgan fingerprint density at radius 3 is 2.43 bits per heavy atom. The van der Waals surface area contributed by atoms with Gasteiger partial charge in [-0.15, -0.1) is 0 Å². The maximum Gasteiger partial charge on any atom is 0.129 e. The van der Waals surface area contributed by atoms with Crippen molar-refractivity contribution in [3.05, 3.63) is 29.0 Å². The van der Waals surface area contributed by atoms with Crippen molar-refractivity contribution in [1.29, 1.82) is 0 Å². The van der Waals surface area contributed by atoms with E-state index in [1.807, 2.05) is 12.3 Å². The Hall–Kier alpha value is -0.640. The molecule has 0 N–H and O–H groups in total. The molecule has 5 heterocycles. The van der Waals surface area contributed by atoms with Crippen molar-refractivity contribution in [2.24, 2.45) is 5.92 Å². The predicted molar refractivity (Wildman–Crippen MR) is 92.6 cm³/mol. The molecular formula is C19H26ClN3. The summed E-state index contributed by atoms with van der Waals surface area (Å²) in [6.07, 6.45) is 10.4. The SMILES string of the molecule is CC1CC2CCC1N2CN1C2CCC1C(c1ccc(Cl)nc1)C2. The van der Waals surface area contributed by atoms with Gasteiger partial charge in [-0.1, -0.05) is 24.6 Å². The van der Waals surface area contributed by atoms with Crippen molar-refractivity contribution in [2.75, 3.05) is 6.67 Å². The molecule has 124 valence electrons. The Kier molecular flexibility index (Phi) is 3.47. The zero-order valence-corrected chi connectivity index (χ0v) is 14.6. The van der Waals surface area contributed by atoms with Gasteiger partial charge in [0.2, 0.25) is 0 Å². The number of hydrogen-bond acceptors (Lipinski definition) is 3. The molecule has 4 bridgehead atoms. The fraction of sp³-hybridized carbons (Fsp3) is 0.737. The molecule has 0 radical (unpaired) electrons. The molecule has 1 aromatic heterocycles. The van der Waals surface area contributed by atoms with Gasteiger partial charge in [0.15, 0.2) is 0 Å². The first kappa shape index (κ1) is 14.7. The Morgan fingerprint density at radius 2 is 1.78 bits per heavy atom. The first-order chi connectivity index (χ1) is 11.2. The number of halogens is 1. The lowest BCUT2D eigenvalue weighted by Crippen LogP contribution is -2.43. The van der Waals surface area contributed by atoms with Crippen LogP contribution in [0.1, 0.15) is 56.9 Å². The highest BCUT2D eigenvalue weighted by Gasteiger charge is 2.50. The van der Waals surface area contributed by atoms with Crippen LogP contribution in [0.3, 0.4) is 0 Å². The highest BCUT2D eigenvalue weighted by Crippen LogP contribution is 2.49. The molecule has 4 saturated heterocycles. The van der Waals surface area contributed by atoms with Gasteiger partial charge in [0.05, 0.1) is 6.67 Å². The minimum absolute atomic E-state index is 0.608. The summed E-state index contributed by atoms with van der Waals surface area (Å²) in [4.78, 5) is 10.00. The third kappa shape index (κ3) is 2.27. The Morgan fingerprint density at radius 1 is 1.04 bits per heavy atom. The van der Waals surface area contributed by atoms with Crippen molar-refractivity contribution in [2.45, 2.75) is 75.5 Å². The number of aromatic nitrogens is 1. The van der Waals surface area contributed by atoms with Crippen molar-refractivity contribution >= 4 is 11.6 Å². The van der Waals surface area contributed by atoms with Crippen molar-refractivity contribution in [3.63, 3.8) is 0 Å². The molecule has 6 atom stereocenters. The summed E-state index contributed by atoms with van der Waals surface area (Å²) in [6, 6.07) is 7.38. The summed E-state index contributed by atoms with van der Waals surface area (Å²) in [5.74, 6) is 1.57. The summed E-state index contributed by atoms with van der Waals surface area (Å²) < 4.78 is 0. The van der Waals surface area contributed by atoms with Gasteiger partial charge in [0.25, 0.3) is 0 Å². The second-order valence-corrected chi connectivity index (χ2v) is 8.62. The molecule has 5 rings (SSSR count). The smallest absolute Gasteiger partial charge is 0.129 e. The van der Waals surface area contributed by atoms with Crippen LogP contribution in [0.2, 0.25) is 5.15 Å². The third-order valence-electron chi connectivity index (χ3n) is 7.18. The molecule has 1 aromatic rings. The van der Waals surface area contributed by atoms with Gasteiger partial charge in [-0.25, -0.2) is 4.98 Å². The highest BCUT2D eigenvalue weighted by molar-refractivity contribution is 6.29. The molecular weight excluding hydrogens is 306 g/mol. The molecule has 0 aliphatic carbocycles. The standard InChI is InChI=1S/C19H26ClN3/c1-12-8-14-3-5-17(12)22(14)11-23-15-4-6-18(23)16(9-15)13-2-7-19(20)21-10-13/h2,7,10,12,14-18H,3-6,8-9,11H2,1H3. The molecule has 0 spiro atoms. The van der Waals surface area contributed by atoms with E-state index in [1.165, 1.54) is 50.8 Å². The van der Waals surface area contributed by atoms with Gasteiger partial charge in [-0.2, -0.15) is 0 Å². The predicted octanol–water partition coefficient (Wildman–Crippen LogP) is 3.89. The number of rotatable bonds is 3. The lowest BCUT2D eigenvalue weighted by molar-refractivity contribution is 0.0986. The van der Waals surface area contributed by atoms with Crippen LogP contribution in [-0.2, 0) is 0 Å². The molecule has 0 amide bonds. The summed E-state index contributed by atoms with van der Waals surface area (Å²) in [6.45, 7) is 3.67. The largest absolute Gasteiger partial charge is 0.284 e. The number of pyridine rings is 1. The molecule has 0 saturated carbocycles. The Labute approximate surface area is 144 Å². The molecule has 4 aliphatic rings. The van der Waals surface area contributed by atoms with Crippen LogP contribution in [0.5, 0.6) is 0 Å². The maximum atomic E-state index is 5.96. The second-order valence-electron chi connectivity index (χ2n) is 8.24. The lowest BCUT2D eigenvalue weighted by atomic mass is 9.85. The lowest BCUT2D eigenvalue weighted by Gasteiger charge is -2.32. The molecule has 4 heteroatoms. The van der Waals surface area contributed by atoms with Crippen LogP contribution in [0, 0.1) is 5.92 Å². The topological polar surface area (TPSA) is 19.4 Å². The number of fused-ring (bicyclic) bond motifs is 4. The van der Waals surface area contributed by atoms with E-state index in [-0.39, 0.29) is 0 Å². The minimum atomic E-state index is 0.608. The molecule has 3 nitrogen and oxygen atoms in total. The van der Waals surface area contributed by atoms with E-state index in [0.717, 1.165) is 30.1 Å². The van der Waals surface area contributed by atoms with E-state index in [4.69, 9.17) is 11.6 Å². The van der Waals surface area contributed by atoms with E-state index in [1.54, 1.807) is 0 Å². The minimum Gasteiger partial charge on any atom is -0.284 e. The molecule has 6 unspecified atom stereocenters. The van der Waals surface area contributed by atoms with E-state index >= 15 is 0 Å². The van der Waals surface area contributed by atoms with E-state index < -0.39 is 0 Å². The van der Waals surface area contributed by atoms with E-state index in [9.17, 15) is 0 Å². The summed E-state index contributed by atoms with van der Waals surface area (Å²) in [5, 5.41) is 0.608. The van der Waals surface area contributed by atoms with E-state index in [2.05, 4.69) is 27.8 Å². The normalized spacial score (nSPS) is 42.9. The van der Waals surface area contributed by atoms with Crippen molar-refractivity contribution in [1.82, 2.24) is 14.8 Å². The zero-order valence-electron chi connectivity index (χ0n) is 13.9. The maximum absolute atomic E-state index is 5.96. The number of nitrogens with zero attached hydrogens (tertiary/aromatic N) is 3. The first-order valence-corrected chi connectivity index (χ1v) is 9.71. The molecule has 23 heavy (non-hydrogen) atoms. The molecule has 0 aromatic carbocycles. The van der Waals surface area contributed by atoms with Gasteiger partial charge < -0.3 is 0 Å². The van der Waals surface area contributed by atoms with Gasteiger partial charge in [-0.05, 0) is 56.1 Å². The van der Waals surface area contributed by atoms with Crippen molar-refractivity contribution < 1.29 is 0 Å². The van der Waals surface area contributed by atoms with Crippen LogP contribution in [0.15, 0.2) is 18.3 Å². The second kappa shape index (κ2) is 5.44. The Balaban J connectivity index is 1.34. The van der Waals surface area contributed by atoms with Crippen LogP contribution in [0.25, 0.3) is 0 Å². The zero-order chi connectivity index (χ0) is 15.6.